The first-order chi connectivity index (χ1) is 8.10. The van der Waals surface area contributed by atoms with Gasteiger partial charge in [-0.3, -0.25) is 4.79 Å². The molecule has 1 amide bonds. The second-order valence-electron chi connectivity index (χ2n) is 3.53. The fourth-order valence-electron chi connectivity index (χ4n) is 1.45. The van der Waals surface area contributed by atoms with Gasteiger partial charge in [-0.25, -0.2) is 4.39 Å². The number of nitrogen functional groups attached to an aromatic ring is 1. The Morgan fingerprint density at radius 3 is 2.82 bits per heavy atom. The SMILES string of the molecule is CCN(CCC#N)C(=O)c1ccc(F)c(N)c1. The van der Waals surface area contributed by atoms with Gasteiger partial charge >= 0.3 is 0 Å². The molecule has 0 aliphatic rings. The molecule has 90 valence electrons. The van der Waals surface area contributed by atoms with Crippen molar-refractivity contribution in [3.8, 4) is 6.07 Å². The number of nitriles is 1. The van der Waals surface area contributed by atoms with Gasteiger partial charge in [0.15, 0.2) is 0 Å². The van der Waals surface area contributed by atoms with Gasteiger partial charge in [0.05, 0.1) is 18.2 Å². The molecule has 0 aromatic heterocycles. The number of nitrogens with zero attached hydrogens (tertiary/aromatic N) is 2. The molecule has 0 radical (unpaired) electrons. The molecule has 0 saturated heterocycles. The van der Waals surface area contributed by atoms with Gasteiger partial charge in [0.25, 0.3) is 5.91 Å². The Balaban J connectivity index is 2.86. The molecule has 4 nitrogen and oxygen atoms in total. The van der Waals surface area contributed by atoms with E-state index in [-0.39, 0.29) is 18.0 Å². The summed E-state index contributed by atoms with van der Waals surface area (Å²) >= 11 is 0. The summed E-state index contributed by atoms with van der Waals surface area (Å²) in [7, 11) is 0. The Morgan fingerprint density at radius 2 is 2.29 bits per heavy atom. The second-order valence-corrected chi connectivity index (χ2v) is 3.53. The zero-order chi connectivity index (χ0) is 12.8. The average Bonchev–Trinajstić information content (AvgIpc) is 2.33. The maximum Gasteiger partial charge on any atom is 0.253 e. The van der Waals surface area contributed by atoms with E-state index in [0.29, 0.717) is 18.7 Å². The summed E-state index contributed by atoms with van der Waals surface area (Å²) in [5.74, 6) is -0.781. The van der Waals surface area contributed by atoms with E-state index in [4.69, 9.17) is 11.0 Å². The lowest BCUT2D eigenvalue weighted by Gasteiger charge is -2.19. The molecule has 1 rings (SSSR count). The summed E-state index contributed by atoms with van der Waals surface area (Å²) in [6.45, 7) is 2.68. The number of amides is 1. The fourth-order valence-corrected chi connectivity index (χ4v) is 1.45. The first kappa shape index (κ1) is 13.0. The number of hydrogen-bond donors (Lipinski definition) is 1. The lowest BCUT2D eigenvalue weighted by Crippen LogP contribution is -2.31. The number of nitrogens with two attached hydrogens (primary N) is 1. The maximum absolute atomic E-state index is 13.0. The molecule has 0 saturated carbocycles. The van der Waals surface area contributed by atoms with E-state index < -0.39 is 5.82 Å². The van der Waals surface area contributed by atoms with Gasteiger partial charge in [-0.05, 0) is 25.1 Å². The summed E-state index contributed by atoms with van der Waals surface area (Å²) in [6, 6.07) is 5.85. The van der Waals surface area contributed by atoms with Crippen LogP contribution in [0.15, 0.2) is 18.2 Å². The van der Waals surface area contributed by atoms with Crippen molar-refractivity contribution >= 4 is 11.6 Å². The molecule has 0 unspecified atom stereocenters. The molecular formula is C12H14FN3O. The van der Waals surface area contributed by atoms with Crippen LogP contribution in [-0.4, -0.2) is 23.9 Å². The van der Waals surface area contributed by atoms with Crippen molar-refractivity contribution in [3.63, 3.8) is 0 Å². The number of anilines is 1. The molecule has 0 aliphatic heterocycles. The van der Waals surface area contributed by atoms with E-state index in [1.807, 2.05) is 13.0 Å². The molecule has 1 aromatic carbocycles. The average molecular weight is 235 g/mol. The summed E-state index contributed by atoms with van der Waals surface area (Å²) in [5.41, 5.74) is 5.69. The Labute approximate surface area is 99.4 Å². The smallest absolute Gasteiger partial charge is 0.253 e. The zero-order valence-corrected chi connectivity index (χ0v) is 9.61. The lowest BCUT2D eigenvalue weighted by molar-refractivity contribution is 0.0768. The summed E-state index contributed by atoms with van der Waals surface area (Å²) in [6.07, 6.45) is 0.274. The standard InChI is InChI=1S/C12H14FN3O/c1-2-16(7-3-6-14)12(17)9-4-5-10(13)11(15)8-9/h4-5,8H,2-3,7,15H2,1H3. The number of benzene rings is 1. The summed E-state index contributed by atoms with van der Waals surface area (Å²) < 4.78 is 13.0. The molecule has 2 N–H and O–H groups in total. The molecular weight excluding hydrogens is 221 g/mol. The third kappa shape index (κ3) is 3.18. The molecule has 5 heteroatoms. The number of hydrogen-bond acceptors (Lipinski definition) is 3. The van der Waals surface area contributed by atoms with Crippen molar-refractivity contribution in [1.82, 2.24) is 4.90 Å². The Morgan fingerprint density at radius 1 is 1.59 bits per heavy atom. The van der Waals surface area contributed by atoms with Crippen molar-refractivity contribution < 1.29 is 9.18 Å². The lowest BCUT2D eigenvalue weighted by atomic mass is 10.1. The van der Waals surface area contributed by atoms with Crippen LogP contribution in [0.4, 0.5) is 10.1 Å². The van der Waals surface area contributed by atoms with Gasteiger partial charge in [-0.2, -0.15) is 5.26 Å². The minimum atomic E-state index is -0.540. The third-order valence-electron chi connectivity index (χ3n) is 2.41. The van der Waals surface area contributed by atoms with Crippen LogP contribution in [0.5, 0.6) is 0 Å². The van der Waals surface area contributed by atoms with Crippen molar-refractivity contribution in [2.45, 2.75) is 13.3 Å². The Hall–Kier alpha value is -2.09. The van der Waals surface area contributed by atoms with Crippen LogP contribution in [-0.2, 0) is 0 Å². The number of carbonyl (C=O) groups excluding carboxylic acids is 1. The van der Waals surface area contributed by atoms with Gasteiger partial charge in [-0.15, -0.1) is 0 Å². The molecule has 0 fully saturated rings. The van der Waals surface area contributed by atoms with E-state index in [9.17, 15) is 9.18 Å². The van der Waals surface area contributed by atoms with Gasteiger partial charge < -0.3 is 10.6 Å². The molecule has 0 atom stereocenters. The van der Waals surface area contributed by atoms with Crippen LogP contribution in [0.1, 0.15) is 23.7 Å². The monoisotopic (exact) mass is 235 g/mol. The quantitative estimate of drug-likeness (QED) is 0.809. The van der Waals surface area contributed by atoms with Crippen molar-refractivity contribution in [3.05, 3.63) is 29.6 Å². The van der Waals surface area contributed by atoms with E-state index in [0.717, 1.165) is 0 Å². The van der Waals surface area contributed by atoms with E-state index in [1.54, 1.807) is 0 Å². The minimum absolute atomic E-state index is 0.0489. The second kappa shape index (κ2) is 5.85. The minimum Gasteiger partial charge on any atom is -0.396 e. The normalized spacial score (nSPS) is 9.71. The van der Waals surface area contributed by atoms with Crippen LogP contribution in [0.25, 0.3) is 0 Å². The van der Waals surface area contributed by atoms with Crippen LogP contribution in [0.2, 0.25) is 0 Å². The van der Waals surface area contributed by atoms with Gasteiger partial charge in [0.2, 0.25) is 0 Å². The number of halogens is 1. The predicted octanol–water partition coefficient (Wildman–Crippen LogP) is 1.78. The maximum atomic E-state index is 13.0. The molecule has 0 spiro atoms. The van der Waals surface area contributed by atoms with Crippen LogP contribution in [0.3, 0.4) is 0 Å². The highest BCUT2D eigenvalue weighted by Crippen LogP contribution is 2.14. The fraction of sp³-hybridized carbons (Fsp3) is 0.333. The van der Waals surface area contributed by atoms with E-state index in [1.165, 1.54) is 23.1 Å². The largest absolute Gasteiger partial charge is 0.396 e. The van der Waals surface area contributed by atoms with E-state index >= 15 is 0 Å². The topological polar surface area (TPSA) is 70.1 Å². The van der Waals surface area contributed by atoms with Crippen LogP contribution >= 0.6 is 0 Å². The Kier molecular flexibility index (Phi) is 4.46. The molecule has 0 heterocycles. The molecule has 0 aliphatic carbocycles. The Bertz CT molecular complexity index is 454. The van der Waals surface area contributed by atoms with Crippen LogP contribution < -0.4 is 5.73 Å². The first-order valence-corrected chi connectivity index (χ1v) is 5.31. The third-order valence-corrected chi connectivity index (χ3v) is 2.41. The van der Waals surface area contributed by atoms with Crippen molar-refractivity contribution in [1.29, 1.82) is 5.26 Å². The van der Waals surface area contributed by atoms with E-state index in [2.05, 4.69) is 0 Å². The number of carbonyl (C=O) groups is 1. The summed E-state index contributed by atoms with van der Waals surface area (Å²) in [4.78, 5) is 13.5. The first-order valence-electron chi connectivity index (χ1n) is 5.31. The predicted molar refractivity (Wildman–Crippen MR) is 62.6 cm³/mol. The number of rotatable bonds is 4. The highest BCUT2D eigenvalue weighted by Gasteiger charge is 2.14. The summed E-state index contributed by atoms with van der Waals surface area (Å²) in [5, 5.41) is 8.49. The van der Waals surface area contributed by atoms with Crippen molar-refractivity contribution in [2.75, 3.05) is 18.8 Å². The highest BCUT2D eigenvalue weighted by atomic mass is 19.1. The molecule has 1 aromatic rings. The van der Waals surface area contributed by atoms with Crippen molar-refractivity contribution in [2.24, 2.45) is 0 Å². The van der Waals surface area contributed by atoms with Gasteiger partial charge in [0.1, 0.15) is 5.82 Å². The molecule has 17 heavy (non-hydrogen) atoms. The van der Waals surface area contributed by atoms with Gasteiger partial charge in [-0.1, -0.05) is 0 Å². The highest BCUT2D eigenvalue weighted by molar-refractivity contribution is 5.95. The molecule has 0 bridgehead atoms. The van der Waals surface area contributed by atoms with Crippen LogP contribution in [0, 0.1) is 17.1 Å². The van der Waals surface area contributed by atoms with Gasteiger partial charge in [0, 0.05) is 18.7 Å². The zero-order valence-electron chi connectivity index (χ0n) is 9.61.